The molecule has 1 aliphatic rings. The molecule has 1 fully saturated rings. The first kappa shape index (κ1) is 20.7. The smallest absolute Gasteiger partial charge is 0.194 e. The molecule has 26 heavy (non-hydrogen) atoms. The molecule has 0 radical (unpaired) electrons. The molecular formula is C20H37N5O. The largest absolute Gasteiger partial charge is 0.359 e. The number of rotatable bonds is 9. The maximum atomic E-state index is 5.51. The maximum absolute atomic E-state index is 5.51. The summed E-state index contributed by atoms with van der Waals surface area (Å²) in [5.41, 5.74) is 1.06. The standard InChI is InChI=1S/C20H37N5O/c1-6-16(7-2)19-13-18(26-23-19)14-22-20(21-8-3)24(5)15-17-11-10-12-25(17)9-4/h13,16-17H,6-12,14-15H2,1-5H3,(H,21,22). The predicted molar refractivity (Wildman–Crippen MR) is 108 cm³/mol. The summed E-state index contributed by atoms with van der Waals surface area (Å²) in [4.78, 5) is 9.60. The van der Waals surface area contributed by atoms with E-state index >= 15 is 0 Å². The van der Waals surface area contributed by atoms with Gasteiger partial charge in [0.15, 0.2) is 11.7 Å². The molecule has 1 N–H and O–H groups in total. The van der Waals surface area contributed by atoms with Crippen LogP contribution in [0.2, 0.25) is 0 Å². The van der Waals surface area contributed by atoms with Gasteiger partial charge in [-0.05, 0) is 45.7 Å². The van der Waals surface area contributed by atoms with Crippen molar-refractivity contribution >= 4 is 5.96 Å². The summed E-state index contributed by atoms with van der Waals surface area (Å²) in [5, 5.41) is 7.65. The first-order chi connectivity index (χ1) is 12.6. The van der Waals surface area contributed by atoms with E-state index in [2.05, 4.69) is 61.1 Å². The van der Waals surface area contributed by atoms with Crippen molar-refractivity contribution < 1.29 is 4.52 Å². The van der Waals surface area contributed by atoms with Crippen molar-refractivity contribution in [2.45, 2.75) is 71.9 Å². The Bertz CT molecular complexity index is 552. The zero-order valence-electron chi connectivity index (χ0n) is 17.3. The molecule has 148 valence electrons. The molecule has 1 unspecified atom stereocenters. The Kier molecular flexibility index (Phi) is 8.42. The van der Waals surface area contributed by atoms with Crippen LogP contribution in [0, 0.1) is 0 Å². The number of aliphatic imine (C=N–C) groups is 1. The average Bonchev–Trinajstić information content (AvgIpc) is 3.29. The monoisotopic (exact) mass is 363 g/mol. The lowest BCUT2D eigenvalue weighted by molar-refractivity contribution is 0.232. The topological polar surface area (TPSA) is 56.9 Å². The Morgan fingerprint density at radius 2 is 2.15 bits per heavy atom. The first-order valence-corrected chi connectivity index (χ1v) is 10.3. The van der Waals surface area contributed by atoms with Gasteiger partial charge in [0.05, 0.1) is 5.69 Å². The van der Waals surface area contributed by atoms with Gasteiger partial charge in [-0.15, -0.1) is 0 Å². The highest BCUT2D eigenvalue weighted by atomic mass is 16.5. The number of hydrogen-bond donors (Lipinski definition) is 1. The van der Waals surface area contributed by atoms with Crippen LogP contribution < -0.4 is 5.32 Å². The number of guanidine groups is 1. The average molecular weight is 364 g/mol. The third kappa shape index (κ3) is 5.47. The molecule has 1 saturated heterocycles. The van der Waals surface area contributed by atoms with E-state index in [1.54, 1.807) is 0 Å². The number of hydrogen-bond acceptors (Lipinski definition) is 4. The van der Waals surface area contributed by atoms with E-state index < -0.39 is 0 Å². The van der Waals surface area contributed by atoms with Gasteiger partial charge in [-0.2, -0.15) is 0 Å². The van der Waals surface area contributed by atoms with Gasteiger partial charge < -0.3 is 14.7 Å². The fraction of sp³-hybridized carbons (Fsp3) is 0.800. The Balaban J connectivity index is 1.99. The van der Waals surface area contributed by atoms with Crippen LogP contribution in [-0.2, 0) is 6.54 Å². The third-order valence-electron chi connectivity index (χ3n) is 5.45. The van der Waals surface area contributed by atoms with Crippen molar-refractivity contribution in [1.29, 1.82) is 0 Å². The maximum Gasteiger partial charge on any atom is 0.194 e. The van der Waals surface area contributed by atoms with E-state index in [-0.39, 0.29) is 0 Å². The van der Waals surface area contributed by atoms with Crippen LogP contribution in [0.5, 0.6) is 0 Å². The summed E-state index contributed by atoms with van der Waals surface area (Å²) in [7, 11) is 2.13. The highest BCUT2D eigenvalue weighted by Gasteiger charge is 2.25. The van der Waals surface area contributed by atoms with Gasteiger partial charge in [0.2, 0.25) is 0 Å². The van der Waals surface area contributed by atoms with Crippen molar-refractivity contribution in [3.8, 4) is 0 Å². The van der Waals surface area contributed by atoms with E-state index in [1.165, 1.54) is 19.4 Å². The van der Waals surface area contributed by atoms with E-state index in [0.29, 0.717) is 18.5 Å². The van der Waals surface area contributed by atoms with Crippen LogP contribution in [-0.4, -0.2) is 60.2 Å². The highest BCUT2D eigenvalue weighted by molar-refractivity contribution is 5.79. The summed E-state index contributed by atoms with van der Waals surface area (Å²) in [6.07, 6.45) is 4.76. The minimum Gasteiger partial charge on any atom is -0.359 e. The van der Waals surface area contributed by atoms with Gasteiger partial charge >= 0.3 is 0 Å². The lowest BCUT2D eigenvalue weighted by Crippen LogP contribution is -2.45. The molecule has 0 spiro atoms. The minimum absolute atomic E-state index is 0.481. The second kappa shape index (κ2) is 10.6. The second-order valence-corrected chi connectivity index (χ2v) is 7.21. The van der Waals surface area contributed by atoms with Crippen molar-refractivity contribution in [3.63, 3.8) is 0 Å². The molecule has 0 amide bonds. The van der Waals surface area contributed by atoms with Gasteiger partial charge in [-0.1, -0.05) is 25.9 Å². The molecule has 0 saturated carbocycles. The fourth-order valence-corrected chi connectivity index (χ4v) is 3.85. The van der Waals surface area contributed by atoms with E-state index in [4.69, 9.17) is 9.52 Å². The lowest BCUT2D eigenvalue weighted by atomic mass is 9.99. The Morgan fingerprint density at radius 1 is 1.38 bits per heavy atom. The van der Waals surface area contributed by atoms with Gasteiger partial charge in [0.1, 0.15) is 6.54 Å². The normalized spacial score (nSPS) is 18.7. The quantitative estimate of drug-likeness (QED) is 0.538. The van der Waals surface area contributed by atoms with Crippen LogP contribution in [0.1, 0.15) is 70.8 Å². The Hall–Kier alpha value is -1.56. The number of likely N-dealkylation sites (N-methyl/N-ethyl adjacent to an activating group) is 2. The van der Waals surface area contributed by atoms with Crippen LogP contribution >= 0.6 is 0 Å². The van der Waals surface area contributed by atoms with Crippen molar-refractivity contribution in [2.75, 3.05) is 33.2 Å². The van der Waals surface area contributed by atoms with E-state index in [0.717, 1.165) is 49.9 Å². The van der Waals surface area contributed by atoms with Crippen molar-refractivity contribution in [3.05, 3.63) is 17.5 Å². The highest BCUT2D eigenvalue weighted by Crippen LogP contribution is 2.22. The van der Waals surface area contributed by atoms with Gasteiger partial charge in [-0.3, -0.25) is 4.90 Å². The number of likely N-dealkylation sites (tertiary alicyclic amines) is 1. The Labute approximate surface area is 159 Å². The van der Waals surface area contributed by atoms with E-state index in [9.17, 15) is 0 Å². The summed E-state index contributed by atoms with van der Waals surface area (Å²) in [6, 6.07) is 2.70. The van der Waals surface area contributed by atoms with Crippen LogP contribution in [0.3, 0.4) is 0 Å². The van der Waals surface area contributed by atoms with Gasteiger partial charge in [0.25, 0.3) is 0 Å². The van der Waals surface area contributed by atoms with Gasteiger partial charge in [0, 0.05) is 38.2 Å². The summed E-state index contributed by atoms with van der Waals surface area (Å²) in [5.74, 6) is 2.26. The second-order valence-electron chi connectivity index (χ2n) is 7.21. The lowest BCUT2D eigenvalue weighted by Gasteiger charge is -2.29. The zero-order valence-corrected chi connectivity index (χ0v) is 17.3. The molecule has 0 bridgehead atoms. The van der Waals surface area contributed by atoms with Crippen LogP contribution in [0.15, 0.2) is 15.6 Å². The number of nitrogens with zero attached hydrogens (tertiary/aromatic N) is 4. The molecule has 0 aliphatic carbocycles. The predicted octanol–water partition coefficient (Wildman–Crippen LogP) is 3.46. The molecule has 6 heteroatoms. The SMILES string of the molecule is CCNC(=NCc1cc(C(CC)CC)no1)N(C)CC1CCCN1CC. The van der Waals surface area contributed by atoms with Crippen LogP contribution in [0.4, 0.5) is 0 Å². The van der Waals surface area contributed by atoms with E-state index in [1.807, 2.05) is 0 Å². The summed E-state index contributed by atoms with van der Waals surface area (Å²) < 4.78 is 5.51. The molecular weight excluding hydrogens is 326 g/mol. The zero-order chi connectivity index (χ0) is 18.9. The number of nitrogens with one attached hydrogen (secondary N) is 1. The Morgan fingerprint density at radius 3 is 2.81 bits per heavy atom. The molecule has 0 aromatic carbocycles. The molecule has 1 atom stereocenters. The summed E-state index contributed by atoms with van der Waals surface area (Å²) in [6.45, 7) is 13.5. The number of aromatic nitrogens is 1. The minimum atomic E-state index is 0.481. The molecule has 1 aliphatic heterocycles. The molecule has 2 heterocycles. The fourth-order valence-electron chi connectivity index (χ4n) is 3.85. The molecule has 6 nitrogen and oxygen atoms in total. The third-order valence-corrected chi connectivity index (χ3v) is 5.45. The van der Waals surface area contributed by atoms with Crippen LogP contribution in [0.25, 0.3) is 0 Å². The van der Waals surface area contributed by atoms with Crippen molar-refractivity contribution in [2.24, 2.45) is 4.99 Å². The summed E-state index contributed by atoms with van der Waals surface area (Å²) >= 11 is 0. The first-order valence-electron chi connectivity index (χ1n) is 10.3. The molecule has 2 rings (SSSR count). The van der Waals surface area contributed by atoms with Crippen molar-refractivity contribution in [1.82, 2.24) is 20.3 Å². The molecule has 1 aromatic heterocycles. The molecule has 1 aromatic rings. The van der Waals surface area contributed by atoms with Gasteiger partial charge in [-0.25, -0.2) is 4.99 Å².